The van der Waals surface area contributed by atoms with Gasteiger partial charge in [-0.05, 0) is 31.9 Å². The number of nitrogens with one attached hydrogen (secondary N) is 1. The van der Waals surface area contributed by atoms with Crippen molar-refractivity contribution in [3.63, 3.8) is 0 Å². The summed E-state index contributed by atoms with van der Waals surface area (Å²) < 4.78 is 6.75. The minimum absolute atomic E-state index is 0.180. The first-order valence-corrected chi connectivity index (χ1v) is 6.92. The molecule has 21 heavy (non-hydrogen) atoms. The minimum Gasteiger partial charge on any atom is -0.478 e. The lowest BCUT2D eigenvalue weighted by molar-refractivity contribution is 0.326. The lowest BCUT2D eigenvalue weighted by Crippen LogP contribution is -2.14. The van der Waals surface area contributed by atoms with E-state index in [2.05, 4.69) is 36.1 Å². The smallest absolute Gasteiger partial charge is 0.276 e. The Morgan fingerprint density at radius 2 is 1.95 bits per heavy atom. The average molecular weight is 283 g/mol. The summed E-state index contributed by atoms with van der Waals surface area (Å²) in [6.45, 7) is 6.45. The van der Waals surface area contributed by atoms with Gasteiger partial charge in [0, 0.05) is 11.6 Å². The van der Waals surface area contributed by atoms with Gasteiger partial charge in [-0.15, -0.1) is 0 Å². The Labute approximate surface area is 122 Å². The number of hydrogen-bond donors (Lipinski definition) is 1. The number of H-pyrrole nitrogens is 1. The van der Waals surface area contributed by atoms with Crippen molar-refractivity contribution in [2.24, 2.45) is 0 Å². The Morgan fingerprint density at radius 3 is 2.62 bits per heavy atom. The molecule has 108 valence electrons. The molecule has 0 fully saturated rings. The molecule has 0 spiro atoms. The molecule has 5 heteroatoms. The van der Waals surface area contributed by atoms with E-state index >= 15 is 0 Å². The van der Waals surface area contributed by atoms with Crippen molar-refractivity contribution in [2.75, 3.05) is 6.61 Å². The van der Waals surface area contributed by atoms with E-state index in [1.54, 1.807) is 0 Å². The van der Waals surface area contributed by atoms with E-state index in [0.717, 1.165) is 22.4 Å². The van der Waals surface area contributed by atoms with E-state index < -0.39 is 0 Å². The van der Waals surface area contributed by atoms with Crippen LogP contribution in [-0.2, 0) is 0 Å². The van der Waals surface area contributed by atoms with Crippen LogP contribution in [0.5, 0.6) is 5.88 Å². The van der Waals surface area contributed by atoms with Crippen LogP contribution in [0, 0.1) is 13.8 Å². The van der Waals surface area contributed by atoms with Crippen LogP contribution in [0.25, 0.3) is 16.9 Å². The van der Waals surface area contributed by atoms with Gasteiger partial charge in [-0.1, -0.05) is 18.2 Å². The first kappa shape index (κ1) is 13.4. The van der Waals surface area contributed by atoms with E-state index in [0.29, 0.717) is 18.1 Å². The fourth-order valence-electron chi connectivity index (χ4n) is 2.56. The molecule has 1 aromatic carbocycles. The molecule has 5 nitrogen and oxygen atoms in total. The first-order chi connectivity index (χ1) is 10.1. The standard InChI is InChI=1S/C16H17N3O2/c1-4-21-14-9-15(20)19-13(17-14)8-12(18-19)16-10(2)6-5-7-11(16)3/h5-9,18H,4H2,1-3H3. The van der Waals surface area contributed by atoms with Crippen molar-refractivity contribution in [1.29, 1.82) is 0 Å². The molecule has 0 saturated heterocycles. The maximum Gasteiger partial charge on any atom is 0.276 e. The highest BCUT2D eigenvalue weighted by Gasteiger charge is 2.11. The average Bonchev–Trinajstić information content (AvgIpc) is 2.83. The van der Waals surface area contributed by atoms with Crippen LogP contribution in [0.15, 0.2) is 35.1 Å². The number of aromatic amines is 1. The largest absolute Gasteiger partial charge is 0.478 e. The molecule has 0 atom stereocenters. The summed E-state index contributed by atoms with van der Waals surface area (Å²) in [6, 6.07) is 9.39. The van der Waals surface area contributed by atoms with Crippen LogP contribution in [0.4, 0.5) is 0 Å². The van der Waals surface area contributed by atoms with Gasteiger partial charge in [0.05, 0.1) is 18.4 Å². The molecule has 0 saturated carbocycles. The van der Waals surface area contributed by atoms with Gasteiger partial charge in [-0.2, -0.15) is 4.98 Å². The molecule has 3 rings (SSSR count). The van der Waals surface area contributed by atoms with Crippen molar-refractivity contribution in [3.8, 4) is 17.1 Å². The molecule has 0 radical (unpaired) electrons. The van der Waals surface area contributed by atoms with Crippen LogP contribution in [0.3, 0.4) is 0 Å². The quantitative estimate of drug-likeness (QED) is 0.804. The number of ether oxygens (including phenoxy) is 1. The zero-order valence-corrected chi connectivity index (χ0v) is 12.3. The Bertz CT molecular complexity index is 841. The van der Waals surface area contributed by atoms with Crippen molar-refractivity contribution in [1.82, 2.24) is 14.6 Å². The number of nitrogens with zero attached hydrogens (tertiary/aromatic N) is 2. The minimum atomic E-state index is -0.180. The highest BCUT2D eigenvalue weighted by Crippen LogP contribution is 2.26. The van der Waals surface area contributed by atoms with Crippen LogP contribution < -0.4 is 10.3 Å². The zero-order valence-electron chi connectivity index (χ0n) is 12.3. The van der Waals surface area contributed by atoms with Gasteiger partial charge in [0.1, 0.15) is 0 Å². The van der Waals surface area contributed by atoms with E-state index in [1.165, 1.54) is 10.6 Å². The second-order valence-electron chi connectivity index (χ2n) is 5.00. The van der Waals surface area contributed by atoms with Crippen LogP contribution >= 0.6 is 0 Å². The number of aromatic nitrogens is 3. The third kappa shape index (κ3) is 2.31. The predicted molar refractivity (Wildman–Crippen MR) is 81.9 cm³/mol. The van der Waals surface area contributed by atoms with E-state index in [9.17, 15) is 4.79 Å². The number of rotatable bonds is 3. The van der Waals surface area contributed by atoms with Crippen LogP contribution in [0.1, 0.15) is 18.1 Å². The summed E-state index contributed by atoms with van der Waals surface area (Å²) in [5.41, 5.74) is 4.66. The number of fused-ring (bicyclic) bond motifs is 1. The van der Waals surface area contributed by atoms with Crippen molar-refractivity contribution >= 4 is 5.65 Å². The summed E-state index contributed by atoms with van der Waals surface area (Å²) in [4.78, 5) is 16.4. The molecular formula is C16H17N3O2. The summed E-state index contributed by atoms with van der Waals surface area (Å²) in [5.74, 6) is 0.356. The molecule has 2 aromatic heterocycles. The maximum absolute atomic E-state index is 12.1. The highest BCUT2D eigenvalue weighted by atomic mass is 16.5. The van der Waals surface area contributed by atoms with Crippen molar-refractivity contribution in [3.05, 3.63) is 51.8 Å². The van der Waals surface area contributed by atoms with Crippen LogP contribution in [-0.4, -0.2) is 21.2 Å². The molecule has 2 heterocycles. The normalized spacial score (nSPS) is 11.0. The van der Waals surface area contributed by atoms with Gasteiger partial charge in [0.2, 0.25) is 5.88 Å². The Hall–Kier alpha value is -2.56. The van der Waals surface area contributed by atoms with Gasteiger partial charge in [-0.3, -0.25) is 9.89 Å². The monoisotopic (exact) mass is 283 g/mol. The second-order valence-corrected chi connectivity index (χ2v) is 5.00. The molecule has 3 aromatic rings. The van der Waals surface area contributed by atoms with Gasteiger partial charge in [-0.25, -0.2) is 4.52 Å². The molecule has 0 amide bonds. The number of aryl methyl sites for hydroxylation is 2. The molecule has 0 aliphatic rings. The van der Waals surface area contributed by atoms with Crippen molar-refractivity contribution in [2.45, 2.75) is 20.8 Å². The molecular weight excluding hydrogens is 266 g/mol. The lowest BCUT2D eigenvalue weighted by Gasteiger charge is -2.06. The number of benzene rings is 1. The van der Waals surface area contributed by atoms with E-state index in [4.69, 9.17) is 4.74 Å². The molecule has 0 bridgehead atoms. The van der Waals surface area contributed by atoms with Gasteiger partial charge < -0.3 is 4.74 Å². The van der Waals surface area contributed by atoms with Gasteiger partial charge >= 0.3 is 0 Å². The highest BCUT2D eigenvalue weighted by molar-refractivity contribution is 5.70. The second kappa shape index (κ2) is 5.09. The molecule has 0 unspecified atom stereocenters. The number of hydrogen-bond acceptors (Lipinski definition) is 3. The topological polar surface area (TPSA) is 59.4 Å². The van der Waals surface area contributed by atoms with Crippen LogP contribution in [0.2, 0.25) is 0 Å². The summed E-state index contributed by atoms with van der Waals surface area (Å²) in [6.07, 6.45) is 0. The lowest BCUT2D eigenvalue weighted by atomic mass is 10.0. The summed E-state index contributed by atoms with van der Waals surface area (Å²) in [5, 5.41) is 3.12. The Balaban J connectivity index is 2.22. The Morgan fingerprint density at radius 1 is 1.24 bits per heavy atom. The molecule has 0 aliphatic carbocycles. The molecule has 1 N–H and O–H groups in total. The van der Waals surface area contributed by atoms with E-state index in [-0.39, 0.29) is 5.56 Å². The molecule has 0 aliphatic heterocycles. The van der Waals surface area contributed by atoms with Crippen molar-refractivity contribution < 1.29 is 4.74 Å². The predicted octanol–water partition coefficient (Wildman–Crippen LogP) is 2.71. The zero-order chi connectivity index (χ0) is 15.0. The SMILES string of the molecule is CCOc1cc(=O)n2[nH]c(-c3c(C)cccc3C)cc2n1. The maximum atomic E-state index is 12.1. The fraction of sp³-hybridized carbons (Fsp3) is 0.250. The summed E-state index contributed by atoms with van der Waals surface area (Å²) >= 11 is 0. The third-order valence-electron chi connectivity index (χ3n) is 3.47. The van der Waals surface area contributed by atoms with E-state index in [1.807, 2.05) is 19.1 Å². The van der Waals surface area contributed by atoms with Gasteiger partial charge in [0.15, 0.2) is 5.65 Å². The third-order valence-corrected chi connectivity index (χ3v) is 3.47. The van der Waals surface area contributed by atoms with Gasteiger partial charge in [0.25, 0.3) is 5.56 Å². The fourth-order valence-corrected chi connectivity index (χ4v) is 2.56. The first-order valence-electron chi connectivity index (χ1n) is 6.92. The Kier molecular flexibility index (Phi) is 3.25. The summed E-state index contributed by atoms with van der Waals surface area (Å²) in [7, 11) is 0.